The van der Waals surface area contributed by atoms with Gasteiger partial charge in [-0.1, -0.05) is 0 Å². The third-order valence-corrected chi connectivity index (χ3v) is 3.75. The average molecular weight is 290 g/mol. The van der Waals surface area contributed by atoms with Crippen LogP contribution in [-0.4, -0.2) is 60.6 Å². The van der Waals surface area contributed by atoms with E-state index in [0.29, 0.717) is 12.6 Å². The van der Waals surface area contributed by atoms with Crippen molar-refractivity contribution < 1.29 is 14.3 Å². The predicted molar refractivity (Wildman–Crippen MR) is 71.2 cm³/mol. The summed E-state index contributed by atoms with van der Waals surface area (Å²) in [6.07, 6.45) is 2.41. The number of urea groups is 1. The lowest BCUT2D eigenvalue weighted by Crippen LogP contribution is -2.52. The minimum atomic E-state index is -0.720. The zero-order valence-electron chi connectivity index (χ0n) is 11.0. The second-order valence-corrected chi connectivity index (χ2v) is 5.72. The van der Waals surface area contributed by atoms with Crippen LogP contribution in [0.1, 0.15) is 19.8 Å². The minimum Gasteiger partial charge on any atom is -0.373 e. The van der Waals surface area contributed by atoms with Crippen LogP contribution in [-0.2, 0) is 9.53 Å². The van der Waals surface area contributed by atoms with Crippen molar-refractivity contribution in [2.24, 2.45) is 0 Å². The molecule has 0 saturated carbocycles. The lowest BCUT2D eigenvalue weighted by molar-refractivity contribution is -0.119. The van der Waals surface area contributed by atoms with Crippen molar-refractivity contribution in [3.63, 3.8) is 0 Å². The summed E-state index contributed by atoms with van der Waals surface area (Å²) in [6.45, 7) is 4.59. The fourth-order valence-electron chi connectivity index (χ4n) is 2.47. The van der Waals surface area contributed by atoms with E-state index in [1.807, 2.05) is 0 Å². The summed E-state index contributed by atoms with van der Waals surface area (Å²) in [5.41, 5.74) is 0. The van der Waals surface area contributed by atoms with Crippen molar-refractivity contribution in [1.82, 2.24) is 15.5 Å². The third-order valence-electron chi connectivity index (χ3n) is 3.55. The molecule has 7 heteroatoms. The Labute approximate surface area is 117 Å². The second-order valence-electron chi connectivity index (χ2n) is 5.06. The molecule has 0 aliphatic carbocycles. The maximum atomic E-state index is 11.5. The number of carbonyl (C=O) groups is 2. The van der Waals surface area contributed by atoms with Crippen LogP contribution in [0, 0.1) is 0 Å². The molecule has 2 fully saturated rings. The first kappa shape index (κ1) is 14.6. The predicted octanol–water partition coefficient (Wildman–Crippen LogP) is 0.303. The molecule has 3 amide bonds. The molecule has 3 atom stereocenters. The van der Waals surface area contributed by atoms with Crippen molar-refractivity contribution >= 4 is 23.5 Å². The fourth-order valence-corrected chi connectivity index (χ4v) is 2.53. The third kappa shape index (κ3) is 4.06. The molecule has 108 valence electrons. The van der Waals surface area contributed by atoms with Crippen molar-refractivity contribution in [2.75, 3.05) is 26.2 Å². The summed E-state index contributed by atoms with van der Waals surface area (Å²) in [5.74, 6) is -0.497. The Morgan fingerprint density at radius 3 is 3.05 bits per heavy atom. The van der Waals surface area contributed by atoms with Gasteiger partial charge in [-0.05, 0) is 26.3 Å². The normalized spacial score (nSPS) is 28.5. The molecule has 0 spiro atoms. The number of imide groups is 1. The summed E-state index contributed by atoms with van der Waals surface area (Å²) in [4.78, 5) is 25.1. The zero-order chi connectivity index (χ0) is 13.8. The standard InChI is InChI=1S/C12H20ClN3O3/c1-8(13)11(17)15-12(18)14-5-10-6-16-4-2-3-9(16)7-19-10/h8-10H,2-7H2,1H3,(H2,14,15,17,18). The van der Waals surface area contributed by atoms with Crippen LogP contribution >= 0.6 is 11.6 Å². The van der Waals surface area contributed by atoms with Gasteiger partial charge in [0, 0.05) is 19.1 Å². The Bertz CT molecular complexity index is 351. The summed E-state index contributed by atoms with van der Waals surface area (Å²) in [6, 6.07) is 0.0217. The van der Waals surface area contributed by atoms with Crippen molar-refractivity contribution in [3.05, 3.63) is 0 Å². The van der Waals surface area contributed by atoms with Crippen LogP contribution in [0.4, 0.5) is 4.79 Å². The van der Waals surface area contributed by atoms with E-state index < -0.39 is 17.3 Å². The van der Waals surface area contributed by atoms with E-state index in [1.165, 1.54) is 19.8 Å². The monoisotopic (exact) mass is 289 g/mol. The van der Waals surface area contributed by atoms with Gasteiger partial charge in [-0.15, -0.1) is 11.6 Å². The summed E-state index contributed by atoms with van der Waals surface area (Å²) in [5, 5.41) is 4.09. The fraction of sp³-hybridized carbons (Fsp3) is 0.833. The van der Waals surface area contributed by atoms with E-state index in [-0.39, 0.29) is 6.10 Å². The Morgan fingerprint density at radius 2 is 2.32 bits per heavy atom. The van der Waals surface area contributed by atoms with Gasteiger partial charge in [0.15, 0.2) is 0 Å². The molecule has 2 aliphatic rings. The van der Waals surface area contributed by atoms with Crippen molar-refractivity contribution in [1.29, 1.82) is 0 Å². The molecule has 3 unspecified atom stereocenters. The van der Waals surface area contributed by atoms with Gasteiger partial charge in [0.1, 0.15) is 5.38 Å². The van der Waals surface area contributed by atoms with E-state index in [1.54, 1.807) is 0 Å². The molecular formula is C12H20ClN3O3. The van der Waals surface area contributed by atoms with Gasteiger partial charge in [0.2, 0.25) is 5.91 Å². The van der Waals surface area contributed by atoms with Crippen LogP contribution in [0.5, 0.6) is 0 Å². The highest BCUT2D eigenvalue weighted by Gasteiger charge is 2.32. The van der Waals surface area contributed by atoms with Gasteiger partial charge in [0.05, 0.1) is 12.7 Å². The van der Waals surface area contributed by atoms with Gasteiger partial charge in [0.25, 0.3) is 0 Å². The number of rotatable bonds is 3. The van der Waals surface area contributed by atoms with Gasteiger partial charge < -0.3 is 10.1 Å². The first-order valence-electron chi connectivity index (χ1n) is 6.64. The molecule has 2 N–H and O–H groups in total. The van der Waals surface area contributed by atoms with E-state index in [4.69, 9.17) is 16.3 Å². The molecule has 0 radical (unpaired) electrons. The number of ether oxygens (including phenoxy) is 1. The minimum absolute atomic E-state index is 0.0105. The highest BCUT2D eigenvalue weighted by molar-refractivity contribution is 6.31. The summed E-state index contributed by atoms with van der Waals surface area (Å²) in [7, 11) is 0. The molecule has 0 aromatic rings. The number of nitrogens with zero attached hydrogens (tertiary/aromatic N) is 1. The number of nitrogens with one attached hydrogen (secondary N) is 2. The average Bonchev–Trinajstić information content (AvgIpc) is 2.83. The molecular weight excluding hydrogens is 270 g/mol. The molecule has 2 rings (SSSR count). The van der Waals surface area contributed by atoms with Crippen LogP contribution < -0.4 is 10.6 Å². The lowest BCUT2D eigenvalue weighted by atomic mass is 10.2. The molecule has 0 aromatic heterocycles. The molecule has 6 nitrogen and oxygen atoms in total. The maximum Gasteiger partial charge on any atom is 0.321 e. The quantitative estimate of drug-likeness (QED) is 0.733. The van der Waals surface area contributed by atoms with E-state index in [0.717, 1.165) is 19.7 Å². The van der Waals surface area contributed by atoms with Crippen molar-refractivity contribution in [2.45, 2.75) is 37.3 Å². The van der Waals surface area contributed by atoms with Gasteiger partial charge in [-0.3, -0.25) is 15.0 Å². The Hall–Kier alpha value is -0.850. The first-order chi connectivity index (χ1) is 9.06. The van der Waals surface area contributed by atoms with Crippen LogP contribution in [0.25, 0.3) is 0 Å². The Balaban J connectivity index is 1.68. The Kier molecular flexibility index (Phi) is 5.01. The number of alkyl halides is 1. The van der Waals surface area contributed by atoms with E-state index in [2.05, 4.69) is 15.5 Å². The first-order valence-corrected chi connectivity index (χ1v) is 7.08. The molecule has 2 heterocycles. The van der Waals surface area contributed by atoms with Crippen LogP contribution in [0.2, 0.25) is 0 Å². The SMILES string of the molecule is CC(Cl)C(=O)NC(=O)NCC1CN2CCCC2CO1. The summed E-state index contributed by atoms with van der Waals surface area (Å²) >= 11 is 5.56. The molecule has 0 aromatic carbocycles. The van der Waals surface area contributed by atoms with E-state index in [9.17, 15) is 9.59 Å². The topological polar surface area (TPSA) is 70.7 Å². The highest BCUT2D eigenvalue weighted by Crippen LogP contribution is 2.22. The van der Waals surface area contributed by atoms with Crippen molar-refractivity contribution in [3.8, 4) is 0 Å². The van der Waals surface area contributed by atoms with Crippen LogP contribution in [0.15, 0.2) is 0 Å². The Morgan fingerprint density at radius 1 is 1.53 bits per heavy atom. The maximum absolute atomic E-state index is 11.5. The number of halogens is 1. The largest absolute Gasteiger partial charge is 0.373 e. The number of hydrogen-bond acceptors (Lipinski definition) is 4. The molecule has 2 aliphatic heterocycles. The number of morpholine rings is 1. The van der Waals surface area contributed by atoms with Gasteiger partial charge in [-0.25, -0.2) is 4.79 Å². The number of fused-ring (bicyclic) bond motifs is 1. The number of hydrogen-bond donors (Lipinski definition) is 2. The summed E-state index contributed by atoms with van der Waals surface area (Å²) < 4.78 is 5.70. The smallest absolute Gasteiger partial charge is 0.321 e. The highest BCUT2D eigenvalue weighted by atomic mass is 35.5. The van der Waals surface area contributed by atoms with E-state index >= 15 is 0 Å². The van der Waals surface area contributed by atoms with Crippen LogP contribution in [0.3, 0.4) is 0 Å². The van der Waals surface area contributed by atoms with Gasteiger partial charge in [-0.2, -0.15) is 0 Å². The molecule has 2 saturated heterocycles. The second kappa shape index (κ2) is 6.54. The molecule has 19 heavy (non-hydrogen) atoms. The number of carbonyl (C=O) groups excluding carboxylic acids is 2. The lowest BCUT2D eigenvalue weighted by Gasteiger charge is -2.35. The zero-order valence-corrected chi connectivity index (χ0v) is 11.8. The molecule has 0 bridgehead atoms. The number of amides is 3. The van der Waals surface area contributed by atoms with Gasteiger partial charge >= 0.3 is 6.03 Å².